The molecule has 1 atom stereocenters. The quantitative estimate of drug-likeness (QED) is 0.803. The highest BCUT2D eigenvalue weighted by atomic mass is 15.1. The van der Waals surface area contributed by atoms with E-state index in [1.54, 1.807) is 0 Å². The molecular formula is C16H24N4. The van der Waals surface area contributed by atoms with E-state index < -0.39 is 0 Å². The molecule has 108 valence electrons. The standard InChI is InChI=1S/C16H24N4/c1-3-9-18-15(16-19-12-13-20(16)4-2)6-5-14-7-10-17-11-8-14/h7-8,10-13,15,18H,3-6,9H2,1-2H3. The van der Waals surface area contributed by atoms with Crippen LogP contribution in [0, 0.1) is 0 Å². The summed E-state index contributed by atoms with van der Waals surface area (Å²) in [6.45, 7) is 6.34. The molecule has 0 fully saturated rings. The van der Waals surface area contributed by atoms with Gasteiger partial charge in [-0.25, -0.2) is 4.98 Å². The Bertz CT molecular complexity index is 492. The van der Waals surface area contributed by atoms with E-state index in [1.807, 2.05) is 18.6 Å². The molecule has 1 N–H and O–H groups in total. The van der Waals surface area contributed by atoms with Crippen molar-refractivity contribution >= 4 is 0 Å². The average Bonchev–Trinajstić information content (AvgIpc) is 2.97. The lowest BCUT2D eigenvalue weighted by Crippen LogP contribution is -2.25. The molecule has 4 nitrogen and oxygen atoms in total. The van der Waals surface area contributed by atoms with Crippen LogP contribution in [0.2, 0.25) is 0 Å². The summed E-state index contributed by atoms with van der Waals surface area (Å²) < 4.78 is 2.22. The molecule has 0 aromatic carbocycles. The molecule has 1 unspecified atom stereocenters. The maximum Gasteiger partial charge on any atom is 0.125 e. The van der Waals surface area contributed by atoms with Crippen molar-refractivity contribution in [2.45, 2.75) is 45.7 Å². The van der Waals surface area contributed by atoms with Crippen LogP contribution in [0.5, 0.6) is 0 Å². The van der Waals surface area contributed by atoms with Crippen molar-refractivity contribution in [1.29, 1.82) is 0 Å². The molecule has 0 bridgehead atoms. The zero-order valence-corrected chi connectivity index (χ0v) is 12.4. The molecule has 0 radical (unpaired) electrons. The number of rotatable bonds is 8. The van der Waals surface area contributed by atoms with Crippen LogP contribution in [-0.2, 0) is 13.0 Å². The first-order chi connectivity index (χ1) is 9.85. The van der Waals surface area contributed by atoms with Crippen molar-refractivity contribution in [2.24, 2.45) is 0 Å². The van der Waals surface area contributed by atoms with E-state index in [1.165, 1.54) is 5.56 Å². The number of hydrogen-bond acceptors (Lipinski definition) is 3. The lowest BCUT2D eigenvalue weighted by Gasteiger charge is -2.19. The van der Waals surface area contributed by atoms with Crippen molar-refractivity contribution in [1.82, 2.24) is 19.9 Å². The molecule has 2 aromatic rings. The SMILES string of the molecule is CCCNC(CCc1ccncc1)c1nccn1CC. The zero-order chi connectivity index (χ0) is 14.2. The second-order valence-corrected chi connectivity index (χ2v) is 4.97. The number of pyridine rings is 1. The van der Waals surface area contributed by atoms with E-state index in [9.17, 15) is 0 Å². The van der Waals surface area contributed by atoms with Crippen molar-refractivity contribution in [2.75, 3.05) is 6.54 Å². The molecule has 4 heteroatoms. The molecule has 0 aliphatic heterocycles. The van der Waals surface area contributed by atoms with Gasteiger partial charge in [0.2, 0.25) is 0 Å². The number of nitrogens with one attached hydrogen (secondary N) is 1. The predicted octanol–water partition coefficient (Wildman–Crippen LogP) is 2.97. The highest BCUT2D eigenvalue weighted by molar-refractivity contribution is 5.11. The Balaban J connectivity index is 2.04. The third kappa shape index (κ3) is 3.90. The summed E-state index contributed by atoms with van der Waals surface area (Å²) >= 11 is 0. The molecule has 0 saturated carbocycles. The van der Waals surface area contributed by atoms with Crippen molar-refractivity contribution in [3.05, 3.63) is 48.3 Å². The summed E-state index contributed by atoms with van der Waals surface area (Å²) in [6.07, 6.45) is 10.9. The first-order valence-corrected chi connectivity index (χ1v) is 7.48. The minimum Gasteiger partial charge on any atom is -0.334 e. The lowest BCUT2D eigenvalue weighted by atomic mass is 10.1. The maximum atomic E-state index is 4.54. The Morgan fingerprint density at radius 2 is 2.00 bits per heavy atom. The van der Waals surface area contributed by atoms with Crippen LogP contribution in [0.15, 0.2) is 36.9 Å². The maximum absolute atomic E-state index is 4.54. The van der Waals surface area contributed by atoms with Gasteiger partial charge in [0.05, 0.1) is 6.04 Å². The van der Waals surface area contributed by atoms with Crippen molar-refractivity contribution in [3.8, 4) is 0 Å². The Labute approximate surface area is 121 Å². The Kier molecular flexibility index (Phi) is 5.74. The molecule has 20 heavy (non-hydrogen) atoms. The molecule has 0 aliphatic carbocycles. The highest BCUT2D eigenvalue weighted by Gasteiger charge is 2.15. The van der Waals surface area contributed by atoms with Crippen LogP contribution >= 0.6 is 0 Å². The van der Waals surface area contributed by atoms with Crippen LogP contribution < -0.4 is 5.32 Å². The summed E-state index contributed by atoms with van der Waals surface area (Å²) in [7, 11) is 0. The summed E-state index contributed by atoms with van der Waals surface area (Å²) in [6, 6.07) is 4.49. The third-order valence-electron chi connectivity index (χ3n) is 3.51. The largest absolute Gasteiger partial charge is 0.334 e. The Morgan fingerprint density at radius 1 is 1.20 bits per heavy atom. The second-order valence-electron chi connectivity index (χ2n) is 4.97. The van der Waals surface area contributed by atoms with E-state index >= 15 is 0 Å². The zero-order valence-electron chi connectivity index (χ0n) is 12.4. The van der Waals surface area contributed by atoms with Gasteiger partial charge in [-0.15, -0.1) is 0 Å². The Morgan fingerprint density at radius 3 is 2.70 bits per heavy atom. The fraction of sp³-hybridized carbons (Fsp3) is 0.500. The first-order valence-electron chi connectivity index (χ1n) is 7.48. The van der Waals surface area contributed by atoms with E-state index in [0.717, 1.165) is 38.2 Å². The van der Waals surface area contributed by atoms with Gasteiger partial charge in [0, 0.05) is 31.3 Å². The number of aryl methyl sites for hydroxylation is 2. The minimum absolute atomic E-state index is 0.318. The van der Waals surface area contributed by atoms with Gasteiger partial charge in [0.1, 0.15) is 5.82 Å². The van der Waals surface area contributed by atoms with Gasteiger partial charge in [0.25, 0.3) is 0 Å². The number of nitrogens with zero attached hydrogens (tertiary/aromatic N) is 3. The fourth-order valence-corrected chi connectivity index (χ4v) is 2.40. The van der Waals surface area contributed by atoms with E-state index in [0.29, 0.717) is 6.04 Å². The molecular weight excluding hydrogens is 248 g/mol. The lowest BCUT2D eigenvalue weighted by molar-refractivity contribution is 0.458. The van der Waals surface area contributed by atoms with Crippen molar-refractivity contribution in [3.63, 3.8) is 0 Å². The van der Waals surface area contributed by atoms with Crippen LogP contribution in [0.25, 0.3) is 0 Å². The van der Waals surface area contributed by atoms with Gasteiger partial charge < -0.3 is 9.88 Å². The second kappa shape index (κ2) is 7.80. The van der Waals surface area contributed by atoms with Gasteiger partial charge in [-0.2, -0.15) is 0 Å². The smallest absolute Gasteiger partial charge is 0.125 e. The van der Waals surface area contributed by atoms with Crippen LogP contribution in [-0.4, -0.2) is 21.1 Å². The van der Waals surface area contributed by atoms with E-state index in [4.69, 9.17) is 0 Å². The van der Waals surface area contributed by atoms with Crippen LogP contribution in [0.4, 0.5) is 0 Å². The average molecular weight is 272 g/mol. The van der Waals surface area contributed by atoms with Crippen LogP contribution in [0.3, 0.4) is 0 Å². The van der Waals surface area contributed by atoms with Gasteiger partial charge in [-0.3, -0.25) is 4.98 Å². The summed E-state index contributed by atoms with van der Waals surface area (Å²) in [4.78, 5) is 8.61. The molecule has 2 heterocycles. The fourth-order valence-electron chi connectivity index (χ4n) is 2.40. The Hall–Kier alpha value is -1.68. The summed E-state index contributed by atoms with van der Waals surface area (Å²) in [5.41, 5.74) is 1.33. The number of imidazole rings is 1. The topological polar surface area (TPSA) is 42.7 Å². The van der Waals surface area contributed by atoms with Gasteiger partial charge in [-0.1, -0.05) is 6.92 Å². The molecule has 0 aliphatic rings. The minimum atomic E-state index is 0.318. The van der Waals surface area contributed by atoms with Gasteiger partial charge in [-0.05, 0) is 50.4 Å². The third-order valence-corrected chi connectivity index (χ3v) is 3.51. The summed E-state index contributed by atoms with van der Waals surface area (Å²) in [5, 5.41) is 3.62. The van der Waals surface area contributed by atoms with E-state index in [-0.39, 0.29) is 0 Å². The van der Waals surface area contributed by atoms with Gasteiger partial charge >= 0.3 is 0 Å². The monoisotopic (exact) mass is 272 g/mol. The van der Waals surface area contributed by atoms with Crippen molar-refractivity contribution < 1.29 is 0 Å². The number of aromatic nitrogens is 3. The summed E-state index contributed by atoms with van der Waals surface area (Å²) in [5.74, 6) is 1.15. The molecule has 2 aromatic heterocycles. The molecule has 0 saturated heterocycles. The van der Waals surface area contributed by atoms with E-state index in [2.05, 4.69) is 52.0 Å². The normalized spacial score (nSPS) is 12.5. The molecule has 0 spiro atoms. The molecule has 2 rings (SSSR count). The molecule has 0 amide bonds. The predicted molar refractivity (Wildman–Crippen MR) is 81.5 cm³/mol. The number of hydrogen-bond donors (Lipinski definition) is 1. The highest BCUT2D eigenvalue weighted by Crippen LogP contribution is 2.18. The first kappa shape index (κ1) is 14.7. The van der Waals surface area contributed by atoms with Crippen LogP contribution in [0.1, 0.15) is 44.1 Å². The van der Waals surface area contributed by atoms with Gasteiger partial charge in [0.15, 0.2) is 0 Å².